The molecule has 1 aliphatic rings. The van der Waals surface area contributed by atoms with Gasteiger partial charge in [0.15, 0.2) is 5.96 Å². The Kier molecular flexibility index (Phi) is 12.4. The lowest BCUT2D eigenvalue weighted by Gasteiger charge is -2.34. The third kappa shape index (κ3) is 8.66. The molecule has 2 N–H and O–H groups in total. The SMILES string of the molecule is CCN1CCN(CCCCNC(=NC)NCc2ccccc2OC)CC1.I. The number of guanidine groups is 1. The van der Waals surface area contributed by atoms with Crippen LogP contribution < -0.4 is 15.4 Å². The van der Waals surface area contributed by atoms with Crippen molar-refractivity contribution in [3.63, 3.8) is 0 Å². The zero-order chi connectivity index (χ0) is 18.6. The Labute approximate surface area is 181 Å². The maximum Gasteiger partial charge on any atom is 0.191 e. The van der Waals surface area contributed by atoms with Gasteiger partial charge in [0, 0.05) is 51.9 Å². The summed E-state index contributed by atoms with van der Waals surface area (Å²) in [5.74, 6) is 1.74. The van der Waals surface area contributed by atoms with Gasteiger partial charge in [-0.3, -0.25) is 4.99 Å². The van der Waals surface area contributed by atoms with E-state index in [2.05, 4.69) is 38.4 Å². The number of nitrogens with zero attached hydrogens (tertiary/aromatic N) is 3. The molecular formula is C20H36IN5O. The Hall–Kier alpha value is -1.06. The third-order valence-corrected chi connectivity index (χ3v) is 4.97. The van der Waals surface area contributed by atoms with Crippen LogP contribution in [-0.4, -0.2) is 75.7 Å². The minimum atomic E-state index is 0. The standard InChI is InChI=1S/C20H35N5O.HI/c1-4-24-13-15-25(16-14-24)12-8-7-11-22-20(21-2)23-17-18-9-5-6-10-19(18)26-3;/h5-6,9-10H,4,7-8,11-17H2,1-3H3,(H2,21,22,23);1H. The van der Waals surface area contributed by atoms with Crippen LogP contribution in [0.2, 0.25) is 0 Å². The number of hydrogen-bond acceptors (Lipinski definition) is 4. The summed E-state index contributed by atoms with van der Waals surface area (Å²) in [5.41, 5.74) is 1.13. The van der Waals surface area contributed by atoms with Crippen LogP contribution >= 0.6 is 24.0 Å². The minimum absolute atomic E-state index is 0. The minimum Gasteiger partial charge on any atom is -0.496 e. The van der Waals surface area contributed by atoms with Crippen LogP contribution in [0, 0.1) is 0 Å². The molecule has 0 radical (unpaired) electrons. The molecule has 0 atom stereocenters. The zero-order valence-corrected chi connectivity index (χ0v) is 19.4. The van der Waals surface area contributed by atoms with Gasteiger partial charge in [-0.1, -0.05) is 25.1 Å². The van der Waals surface area contributed by atoms with Gasteiger partial charge in [0.2, 0.25) is 0 Å². The van der Waals surface area contributed by atoms with Crippen molar-refractivity contribution < 1.29 is 4.74 Å². The highest BCUT2D eigenvalue weighted by molar-refractivity contribution is 14.0. The van der Waals surface area contributed by atoms with Gasteiger partial charge in [0.05, 0.1) is 7.11 Å². The van der Waals surface area contributed by atoms with Crippen molar-refractivity contribution in [1.82, 2.24) is 20.4 Å². The molecule has 0 spiro atoms. The van der Waals surface area contributed by atoms with Crippen LogP contribution in [0.4, 0.5) is 0 Å². The lowest BCUT2D eigenvalue weighted by Crippen LogP contribution is -2.46. The van der Waals surface area contributed by atoms with Gasteiger partial charge in [-0.2, -0.15) is 0 Å². The van der Waals surface area contributed by atoms with Gasteiger partial charge in [0.1, 0.15) is 5.75 Å². The molecule has 154 valence electrons. The number of likely N-dealkylation sites (N-methyl/N-ethyl adjacent to an activating group) is 1. The third-order valence-electron chi connectivity index (χ3n) is 4.97. The van der Waals surface area contributed by atoms with E-state index in [0.29, 0.717) is 6.54 Å². The number of aliphatic imine (C=N–C) groups is 1. The zero-order valence-electron chi connectivity index (χ0n) is 17.0. The molecule has 1 aromatic rings. The van der Waals surface area contributed by atoms with Crippen LogP contribution in [0.5, 0.6) is 5.75 Å². The number of nitrogens with one attached hydrogen (secondary N) is 2. The van der Waals surface area contributed by atoms with E-state index >= 15 is 0 Å². The highest BCUT2D eigenvalue weighted by Gasteiger charge is 2.14. The summed E-state index contributed by atoms with van der Waals surface area (Å²) in [6.45, 7) is 11.1. The first-order valence-corrected chi connectivity index (χ1v) is 9.78. The van der Waals surface area contributed by atoms with Crippen molar-refractivity contribution in [2.45, 2.75) is 26.3 Å². The van der Waals surface area contributed by atoms with E-state index in [9.17, 15) is 0 Å². The number of benzene rings is 1. The highest BCUT2D eigenvalue weighted by Crippen LogP contribution is 2.16. The maximum absolute atomic E-state index is 5.39. The van der Waals surface area contributed by atoms with E-state index in [4.69, 9.17) is 4.74 Å². The Morgan fingerprint density at radius 3 is 2.44 bits per heavy atom. The number of piperazine rings is 1. The molecule has 0 aromatic heterocycles. The van der Waals surface area contributed by atoms with E-state index in [0.717, 1.165) is 30.2 Å². The Morgan fingerprint density at radius 2 is 1.78 bits per heavy atom. The smallest absolute Gasteiger partial charge is 0.191 e. The molecular weight excluding hydrogens is 453 g/mol. The van der Waals surface area contributed by atoms with Crippen molar-refractivity contribution in [3.8, 4) is 5.75 Å². The molecule has 2 rings (SSSR count). The molecule has 0 bridgehead atoms. The Balaban J connectivity index is 0.00000364. The lowest BCUT2D eigenvalue weighted by molar-refractivity contribution is 0.136. The molecule has 1 heterocycles. The Morgan fingerprint density at radius 1 is 1.07 bits per heavy atom. The molecule has 0 aliphatic carbocycles. The molecule has 0 saturated carbocycles. The second kappa shape index (κ2) is 14.0. The summed E-state index contributed by atoms with van der Waals surface area (Å²) < 4.78 is 5.39. The van der Waals surface area contributed by atoms with Crippen molar-refractivity contribution >= 4 is 29.9 Å². The number of unbranched alkanes of at least 4 members (excludes halogenated alkanes) is 1. The van der Waals surface area contributed by atoms with Gasteiger partial charge in [-0.05, 0) is 32.0 Å². The lowest BCUT2D eigenvalue weighted by atomic mass is 10.2. The summed E-state index contributed by atoms with van der Waals surface area (Å²) >= 11 is 0. The topological polar surface area (TPSA) is 52.1 Å². The fourth-order valence-electron chi connectivity index (χ4n) is 3.24. The average molecular weight is 489 g/mol. The summed E-state index contributed by atoms with van der Waals surface area (Å²) in [6, 6.07) is 8.05. The molecule has 1 aromatic carbocycles. The van der Waals surface area contributed by atoms with Crippen LogP contribution in [0.25, 0.3) is 0 Å². The molecule has 0 unspecified atom stereocenters. The molecule has 1 saturated heterocycles. The van der Waals surface area contributed by atoms with Gasteiger partial charge >= 0.3 is 0 Å². The van der Waals surface area contributed by atoms with Gasteiger partial charge in [-0.25, -0.2) is 0 Å². The molecule has 1 fully saturated rings. The fraction of sp³-hybridized carbons (Fsp3) is 0.650. The first-order valence-electron chi connectivity index (χ1n) is 9.78. The number of halogens is 1. The first kappa shape index (κ1) is 24.0. The number of para-hydroxylation sites is 1. The van der Waals surface area contributed by atoms with Gasteiger partial charge in [0.25, 0.3) is 0 Å². The van der Waals surface area contributed by atoms with Gasteiger partial charge < -0.3 is 25.2 Å². The van der Waals surface area contributed by atoms with Crippen molar-refractivity contribution in [1.29, 1.82) is 0 Å². The van der Waals surface area contributed by atoms with Crippen molar-refractivity contribution in [3.05, 3.63) is 29.8 Å². The fourth-order valence-corrected chi connectivity index (χ4v) is 3.24. The molecule has 7 heteroatoms. The van der Waals surface area contributed by atoms with Crippen LogP contribution in [0.3, 0.4) is 0 Å². The van der Waals surface area contributed by atoms with Crippen molar-refractivity contribution in [2.75, 3.05) is 60.0 Å². The van der Waals surface area contributed by atoms with Gasteiger partial charge in [-0.15, -0.1) is 24.0 Å². The monoisotopic (exact) mass is 489 g/mol. The predicted octanol–water partition coefficient (Wildman–Crippen LogP) is 2.40. The van der Waals surface area contributed by atoms with Crippen LogP contribution in [0.1, 0.15) is 25.3 Å². The number of methoxy groups -OCH3 is 1. The Bertz CT molecular complexity index is 547. The molecule has 6 nitrogen and oxygen atoms in total. The van der Waals surface area contributed by atoms with Crippen LogP contribution in [-0.2, 0) is 6.54 Å². The van der Waals surface area contributed by atoms with E-state index in [-0.39, 0.29) is 24.0 Å². The number of rotatable bonds is 9. The molecule has 0 amide bonds. The second-order valence-corrected chi connectivity index (χ2v) is 6.65. The summed E-state index contributed by atoms with van der Waals surface area (Å²) in [5, 5.41) is 6.76. The number of ether oxygens (including phenoxy) is 1. The molecule has 1 aliphatic heterocycles. The average Bonchev–Trinajstić information content (AvgIpc) is 2.70. The summed E-state index contributed by atoms with van der Waals surface area (Å²) in [6.07, 6.45) is 2.38. The number of hydrogen-bond donors (Lipinski definition) is 2. The maximum atomic E-state index is 5.39. The second-order valence-electron chi connectivity index (χ2n) is 6.65. The van der Waals surface area contributed by atoms with Crippen LogP contribution in [0.15, 0.2) is 29.3 Å². The summed E-state index contributed by atoms with van der Waals surface area (Å²) in [4.78, 5) is 9.41. The molecule has 27 heavy (non-hydrogen) atoms. The normalized spacial score (nSPS) is 15.9. The van der Waals surface area contributed by atoms with E-state index < -0.39 is 0 Å². The van der Waals surface area contributed by atoms with E-state index in [1.54, 1.807) is 7.11 Å². The largest absolute Gasteiger partial charge is 0.496 e. The summed E-state index contributed by atoms with van der Waals surface area (Å²) in [7, 11) is 3.51. The van der Waals surface area contributed by atoms with Crippen molar-refractivity contribution in [2.24, 2.45) is 4.99 Å². The predicted molar refractivity (Wildman–Crippen MR) is 124 cm³/mol. The van der Waals surface area contributed by atoms with E-state index in [1.807, 2.05) is 25.2 Å². The van der Waals surface area contributed by atoms with E-state index in [1.165, 1.54) is 45.7 Å². The highest BCUT2D eigenvalue weighted by atomic mass is 127. The first-order chi connectivity index (χ1) is 12.8. The quantitative estimate of drug-likeness (QED) is 0.242.